The first-order valence-corrected chi connectivity index (χ1v) is 44.9. The monoisotopic (exact) mass is 1330 g/mol. The van der Waals surface area contributed by atoms with Crippen molar-refractivity contribution < 1.29 is 92.8 Å². The second-order valence-corrected chi connectivity index (χ2v) is 49.0. The standard InChI is InChI=1S/C64H116N4O19Si3/c1-36(2)16-15-17-37(3)41-20-21-42-40-19-18-38-32-39(22-24-63(38,4)43(40)23-25-64(41,42)5)83-59(76)65-34-46-50(71)52(73)53(74)58(84-46)87-56-45(67-61(78)81-27-30-89(9,10)11)33-44(66-60(77)80-26-29-88(6,7)8)55(54(56)75)86-57-51(72)48(49(70)47(35-69)85-57)68-62(79)82-28-31-90(12,13)14/h18,36-37,39-58,69-75H,15-17,19-35H2,1-14H3,(H,65,76)(H,66,77)(H,67,78)(H,68,79)/t37-,39+,40+,41-,42+,43+,44-,45+,46-,47-,48+,49-,50-,51-,52+,53-,54-,55+,56-,57-,58-,63+,64-/m1/s1. The molecule has 0 aromatic rings. The van der Waals surface area contributed by atoms with Crippen LogP contribution in [0.1, 0.15) is 112 Å². The molecule has 11 N–H and O–H groups in total. The van der Waals surface area contributed by atoms with Crippen LogP contribution in [0, 0.1) is 46.3 Å². The van der Waals surface area contributed by atoms with Crippen molar-refractivity contribution in [1.29, 1.82) is 0 Å². The number of aliphatic hydroxyl groups is 7. The molecule has 518 valence electrons. The maximum atomic E-state index is 13.7. The minimum Gasteiger partial charge on any atom is -0.450 e. The summed E-state index contributed by atoms with van der Waals surface area (Å²) in [6, 6.07) is -2.32. The van der Waals surface area contributed by atoms with E-state index >= 15 is 0 Å². The van der Waals surface area contributed by atoms with Gasteiger partial charge in [-0.05, 0) is 116 Å². The molecule has 0 radical (unpaired) electrons. The highest BCUT2D eigenvalue weighted by atomic mass is 28.3. The molecular weight excluding hydrogens is 1210 g/mol. The molecule has 0 aromatic carbocycles. The molecule has 7 rings (SSSR count). The summed E-state index contributed by atoms with van der Waals surface area (Å²) >= 11 is 0. The number of ether oxygens (including phenoxy) is 8. The molecule has 2 saturated heterocycles. The average Bonchev–Trinajstić information content (AvgIpc) is 1.33. The first kappa shape index (κ1) is 74.4. The van der Waals surface area contributed by atoms with Crippen LogP contribution in [0.3, 0.4) is 0 Å². The SMILES string of the molecule is CC(C)CCC[C@@H](C)[C@H]1CC[C@H]2[C@@H]3CC=C4C[C@@H](OC(=O)NC[C@H]5O[C@H](O[C@H]6[C@H](O)[C@@H](O[C@H]7O[C@H](CO)[C@@H](O)[C@H](NC(=O)OCC[Si](C)(C)C)[C@H]7O)[C@H](NC(=O)OCC[Si](C)(C)C)C[C@@H]6NC(=O)OCC[Si](C)(C)C)[C@H](O)[C@@H](O)[C@@H]5O)CC[C@]4(C)[C@H]3CC[C@]12C. The number of alkyl carbamates (subject to hydrolysis) is 4. The molecule has 23 atom stereocenters. The maximum absolute atomic E-state index is 13.7. The van der Waals surface area contributed by atoms with Gasteiger partial charge in [0.25, 0.3) is 0 Å². The fourth-order valence-corrected chi connectivity index (χ4v) is 17.9. The molecule has 2 heterocycles. The first-order chi connectivity index (χ1) is 42.0. The van der Waals surface area contributed by atoms with E-state index in [1.807, 2.05) is 0 Å². The lowest BCUT2D eigenvalue weighted by Crippen LogP contribution is -2.70. The van der Waals surface area contributed by atoms with E-state index in [4.69, 9.17) is 37.9 Å². The Balaban J connectivity index is 1.05. The fraction of sp³-hybridized carbons (Fsp3) is 0.906. The van der Waals surface area contributed by atoms with Gasteiger partial charge in [-0.3, -0.25) is 0 Å². The molecular formula is C64H116N4O19Si3. The largest absolute Gasteiger partial charge is 0.450 e. The predicted molar refractivity (Wildman–Crippen MR) is 345 cm³/mol. The number of carbonyl (C=O) groups excluding carboxylic acids is 4. The van der Waals surface area contributed by atoms with Crippen LogP contribution < -0.4 is 21.3 Å². The highest BCUT2D eigenvalue weighted by molar-refractivity contribution is 6.76. The molecule has 6 fully saturated rings. The van der Waals surface area contributed by atoms with Crippen molar-refractivity contribution >= 4 is 48.6 Å². The van der Waals surface area contributed by atoms with Crippen molar-refractivity contribution in [3.05, 3.63) is 11.6 Å². The number of nitrogens with one attached hydrogen (secondary N) is 4. The summed E-state index contributed by atoms with van der Waals surface area (Å²) in [7, 11) is -5.04. The summed E-state index contributed by atoms with van der Waals surface area (Å²) in [5.41, 5.74) is 1.73. The lowest BCUT2D eigenvalue weighted by atomic mass is 9.47. The van der Waals surface area contributed by atoms with Gasteiger partial charge in [0.1, 0.15) is 67.1 Å². The third-order valence-corrected chi connectivity index (χ3v) is 26.3. The number of hydrogen-bond donors (Lipinski definition) is 11. The van der Waals surface area contributed by atoms with Gasteiger partial charge < -0.3 is 94.9 Å². The molecule has 26 heteroatoms. The van der Waals surface area contributed by atoms with E-state index in [1.54, 1.807) is 0 Å². The molecule has 90 heavy (non-hydrogen) atoms. The summed E-state index contributed by atoms with van der Waals surface area (Å²) < 4.78 is 47.4. The summed E-state index contributed by atoms with van der Waals surface area (Å²) in [4.78, 5) is 54.2. The van der Waals surface area contributed by atoms with Crippen molar-refractivity contribution in [2.45, 2.75) is 287 Å². The topological polar surface area (TPSA) is 332 Å². The number of allylic oxidation sites excluding steroid dienone is 1. The van der Waals surface area contributed by atoms with Gasteiger partial charge in [0.05, 0.1) is 44.6 Å². The third-order valence-electron chi connectivity index (χ3n) is 21.2. The van der Waals surface area contributed by atoms with Gasteiger partial charge >= 0.3 is 24.4 Å². The predicted octanol–water partition coefficient (Wildman–Crippen LogP) is 7.20. The smallest absolute Gasteiger partial charge is 0.407 e. The number of fused-ring (bicyclic) bond motifs is 5. The Morgan fingerprint density at radius 1 is 0.622 bits per heavy atom. The van der Waals surface area contributed by atoms with Crippen molar-refractivity contribution in [2.75, 3.05) is 33.0 Å². The lowest BCUT2D eigenvalue weighted by molar-refractivity contribution is -0.334. The van der Waals surface area contributed by atoms with Crippen LogP contribution in [0.15, 0.2) is 11.6 Å². The summed E-state index contributed by atoms with van der Waals surface area (Å²) in [5, 5.41) is 91.0. The zero-order valence-corrected chi connectivity index (χ0v) is 59.5. The normalized spacial score (nSPS) is 38.3. The summed E-state index contributed by atoms with van der Waals surface area (Å²) in [6.45, 7) is 30.0. The first-order valence-electron chi connectivity index (χ1n) is 33.8. The Labute approximate surface area is 537 Å². The molecule has 23 nitrogen and oxygen atoms in total. The second-order valence-electron chi connectivity index (χ2n) is 32.1. The van der Waals surface area contributed by atoms with E-state index in [0.29, 0.717) is 54.1 Å². The van der Waals surface area contributed by atoms with E-state index in [1.165, 1.54) is 50.5 Å². The van der Waals surface area contributed by atoms with Crippen LogP contribution in [0.25, 0.3) is 0 Å². The zero-order valence-electron chi connectivity index (χ0n) is 56.5. The van der Waals surface area contributed by atoms with Gasteiger partial charge in [0.15, 0.2) is 12.6 Å². The molecule has 0 spiro atoms. The average molecular weight is 1330 g/mol. The number of rotatable bonds is 25. The van der Waals surface area contributed by atoms with Gasteiger partial charge in [-0.15, -0.1) is 0 Å². The maximum Gasteiger partial charge on any atom is 0.407 e. The van der Waals surface area contributed by atoms with Crippen molar-refractivity contribution in [3.8, 4) is 0 Å². The highest BCUT2D eigenvalue weighted by Crippen LogP contribution is 2.67. The van der Waals surface area contributed by atoms with Crippen molar-refractivity contribution in [2.24, 2.45) is 46.3 Å². The minimum absolute atomic E-state index is 0.0201. The molecule has 0 unspecified atom stereocenters. The van der Waals surface area contributed by atoms with E-state index in [2.05, 4.69) is 121 Å². The number of aliphatic hydroxyl groups excluding tert-OH is 7. The Kier molecular flexibility index (Phi) is 25.9. The Hall–Kier alpha value is -2.97. The van der Waals surface area contributed by atoms with Gasteiger partial charge in [-0.1, -0.05) is 124 Å². The van der Waals surface area contributed by atoms with Crippen LogP contribution in [0.5, 0.6) is 0 Å². The van der Waals surface area contributed by atoms with Gasteiger partial charge in [-0.2, -0.15) is 0 Å². The quantitative estimate of drug-likeness (QED) is 0.0244. The summed E-state index contributed by atoms with van der Waals surface area (Å²) in [5.74, 6) is 4.16. The van der Waals surface area contributed by atoms with Crippen LogP contribution in [-0.4, -0.2) is 215 Å². The van der Waals surface area contributed by atoms with E-state index < -0.39 is 160 Å². The van der Waals surface area contributed by atoms with Crippen molar-refractivity contribution in [3.63, 3.8) is 0 Å². The van der Waals surface area contributed by atoms with E-state index in [9.17, 15) is 54.9 Å². The van der Waals surface area contributed by atoms with Gasteiger partial charge in [0, 0.05) is 37.2 Å². The molecule has 4 amide bonds. The number of hydrogen-bond acceptors (Lipinski definition) is 19. The number of amides is 4. The molecule has 7 aliphatic rings. The fourth-order valence-electron chi connectivity index (χ4n) is 15.8. The zero-order chi connectivity index (χ0) is 66.4. The Bertz CT molecular complexity index is 2400. The molecule has 2 aliphatic heterocycles. The third kappa shape index (κ3) is 19.2. The molecule has 5 aliphatic carbocycles. The van der Waals surface area contributed by atoms with Crippen molar-refractivity contribution in [1.82, 2.24) is 21.3 Å². The molecule has 0 aromatic heterocycles. The van der Waals surface area contributed by atoms with Gasteiger partial charge in [0.2, 0.25) is 0 Å². The highest BCUT2D eigenvalue weighted by Gasteiger charge is 2.60. The number of carbonyl (C=O) groups is 4. The van der Waals surface area contributed by atoms with Gasteiger partial charge in [-0.25, -0.2) is 19.2 Å². The van der Waals surface area contributed by atoms with Crippen LogP contribution in [-0.2, 0) is 37.9 Å². The lowest BCUT2D eigenvalue weighted by Gasteiger charge is -2.58. The summed E-state index contributed by atoms with van der Waals surface area (Å²) in [6.07, 6.45) is -10.9. The van der Waals surface area contributed by atoms with Crippen LogP contribution >= 0.6 is 0 Å². The van der Waals surface area contributed by atoms with E-state index in [-0.39, 0.29) is 31.7 Å². The van der Waals surface area contributed by atoms with Crippen LogP contribution in [0.2, 0.25) is 77.1 Å². The molecule has 4 saturated carbocycles. The van der Waals surface area contributed by atoms with Crippen LogP contribution in [0.4, 0.5) is 19.2 Å². The molecule has 0 bridgehead atoms. The Morgan fingerprint density at radius 2 is 1.17 bits per heavy atom. The van der Waals surface area contributed by atoms with E-state index in [0.717, 1.165) is 30.6 Å². The second kappa shape index (κ2) is 31.3. The minimum atomic E-state index is -1.99. The Morgan fingerprint density at radius 3 is 1.71 bits per heavy atom.